The fourth-order valence-electron chi connectivity index (χ4n) is 3.54. The third-order valence-corrected chi connectivity index (χ3v) is 5.20. The maximum Gasteiger partial charge on any atom is 0.239 e. The SMILES string of the molecule is CN(CC(O)C1CC1)C(=O)C1CCCCN1Cc1ccc(F)cc1. The number of halogens is 1. The molecule has 24 heavy (non-hydrogen) atoms. The third kappa shape index (κ3) is 4.33. The molecule has 1 saturated carbocycles. The zero-order valence-corrected chi connectivity index (χ0v) is 14.3. The van der Waals surface area contributed by atoms with Crippen molar-refractivity contribution in [2.24, 2.45) is 5.92 Å². The first-order chi connectivity index (χ1) is 11.5. The summed E-state index contributed by atoms with van der Waals surface area (Å²) < 4.78 is 13.1. The van der Waals surface area contributed by atoms with Crippen molar-refractivity contribution in [3.05, 3.63) is 35.6 Å². The largest absolute Gasteiger partial charge is 0.391 e. The van der Waals surface area contributed by atoms with Crippen LogP contribution in [0.25, 0.3) is 0 Å². The smallest absolute Gasteiger partial charge is 0.239 e. The lowest BCUT2D eigenvalue weighted by Crippen LogP contribution is -2.51. The molecule has 3 rings (SSSR count). The standard InChI is InChI=1S/C19H27FN2O2/c1-21(13-18(23)15-7-8-15)19(24)17-4-2-3-11-22(17)12-14-5-9-16(20)10-6-14/h5-6,9-10,15,17-18,23H,2-4,7-8,11-13H2,1H3. The molecular formula is C19H27FN2O2. The molecular weight excluding hydrogens is 307 g/mol. The van der Waals surface area contributed by atoms with Crippen LogP contribution in [0.1, 0.15) is 37.7 Å². The lowest BCUT2D eigenvalue weighted by Gasteiger charge is -2.37. The zero-order chi connectivity index (χ0) is 17.1. The van der Waals surface area contributed by atoms with Crippen LogP contribution < -0.4 is 0 Å². The van der Waals surface area contributed by atoms with Gasteiger partial charge < -0.3 is 10.0 Å². The van der Waals surface area contributed by atoms with E-state index in [4.69, 9.17) is 0 Å². The minimum atomic E-state index is -0.395. The minimum Gasteiger partial charge on any atom is -0.391 e. The highest BCUT2D eigenvalue weighted by atomic mass is 19.1. The lowest BCUT2D eigenvalue weighted by atomic mass is 9.99. The summed E-state index contributed by atoms with van der Waals surface area (Å²) in [5.74, 6) is 0.234. The van der Waals surface area contributed by atoms with Crippen molar-refractivity contribution in [3.63, 3.8) is 0 Å². The number of likely N-dealkylation sites (N-methyl/N-ethyl adjacent to an activating group) is 1. The van der Waals surface area contributed by atoms with E-state index in [1.54, 1.807) is 24.1 Å². The molecule has 1 aromatic carbocycles. The van der Waals surface area contributed by atoms with Gasteiger partial charge in [-0.05, 0) is 55.8 Å². The number of nitrogens with zero attached hydrogens (tertiary/aromatic N) is 2. The first-order valence-electron chi connectivity index (χ1n) is 8.96. The normalized spacial score (nSPS) is 23.0. The van der Waals surface area contributed by atoms with E-state index in [2.05, 4.69) is 4.90 Å². The molecule has 0 aromatic heterocycles. The first kappa shape index (κ1) is 17.4. The van der Waals surface area contributed by atoms with E-state index in [0.717, 1.165) is 44.2 Å². The summed E-state index contributed by atoms with van der Waals surface area (Å²) in [6, 6.07) is 6.36. The van der Waals surface area contributed by atoms with Crippen LogP contribution in [0.5, 0.6) is 0 Å². The molecule has 2 unspecified atom stereocenters. The second kappa shape index (κ2) is 7.62. The second-order valence-electron chi connectivity index (χ2n) is 7.23. The monoisotopic (exact) mass is 334 g/mol. The van der Waals surface area contributed by atoms with Crippen LogP contribution in [0.2, 0.25) is 0 Å². The van der Waals surface area contributed by atoms with Crippen LogP contribution in [-0.4, -0.2) is 53.1 Å². The van der Waals surface area contributed by atoms with E-state index in [9.17, 15) is 14.3 Å². The van der Waals surface area contributed by atoms with E-state index < -0.39 is 6.10 Å². The molecule has 2 aliphatic rings. The Bertz CT molecular complexity index is 559. The Labute approximate surface area is 143 Å². The number of hydrogen-bond acceptors (Lipinski definition) is 3. The van der Waals surface area contributed by atoms with E-state index in [-0.39, 0.29) is 17.8 Å². The van der Waals surface area contributed by atoms with Gasteiger partial charge in [0.15, 0.2) is 0 Å². The van der Waals surface area contributed by atoms with Gasteiger partial charge in [0.2, 0.25) is 5.91 Å². The van der Waals surface area contributed by atoms with Crippen LogP contribution in [0, 0.1) is 11.7 Å². The number of likely N-dealkylation sites (tertiary alicyclic amines) is 1. The summed E-state index contributed by atoms with van der Waals surface area (Å²) in [7, 11) is 1.79. The number of aliphatic hydroxyl groups excluding tert-OH is 1. The summed E-state index contributed by atoms with van der Waals surface area (Å²) in [6.45, 7) is 1.97. The summed E-state index contributed by atoms with van der Waals surface area (Å²) in [4.78, 5) is 16.7. The van der Waals surface area contributed by atoms with Gasteiger partial charge in [-0.1, -0.05) is 18.6 Å². The highest BCUT2D eigenvalue weighted by Crippen LogP contribution is 2.33. The predicted molar refractivity (Wildman–Crippen MR) is 90.8 cm³/mol. The number of carbonyl (C=O) groups is 1. The van der Waals surface area contributed by atoms with E-state index in [0.29, 0.717) is 19.0 Å². The number of rotatable bonds is 6. The number of aliphatic hydroxyl groups is 1. The number of carbonyl (C=O) groups excluding carboxylic acids is 1. The van der Waals surface area contributed by atoms with Gasteiger partial charge in [-0.3, -0.25) is 9.69 Å². The first-order valence-corrected chi connectivity index (χ1v) is 8.96. The molecule has 0 bridgehead atoms. The van der Waals surface area contributed by atoms with Crippen LogP contribution >= 0.6 is 0 Å². The summed E-state index contributed by atoms with van der Waals surface area (Å²) in [6.07, 6.45) is 4.73. The molecule has 1 aromatic rings. The molecule has 1 aliphatic heterocycles. The van der Waals surface area contributed by atoms with Crippen LogP contribution in [0.3, 0.4) is 0 Å². The number of hydrogen-bond donors (Lipinski definition) is 1. The third-order valence-electron chi connectivity index (χ3n) is 5.20. The van der Waals surface area contributed by atoms with Gasteiger partial charge in [-0.2, -0.15) is 0 Å². The maximum atomic E-state index is 13.1. The lowest BCUT2D eigenvalue weighted by molar-refractivity contribution is -0.138. The molecule has 1 amide bonds. The van der Waals surface area contributed by atoms with Gasteiger partial charge >= 0.3 is 0 Å². The Morgan fingerprint density at radius 3 is 2.67 bits per heavy atom. The molecule has 1 N–H and O–H groups in total. The molecule has 4 nitrogen and oxygen atoms in total. The average Bonchev–Trinajstić information content (AvgIpc) is 3.42. The average molecular weight is 334 g/mol. The highest BCUT2D eigenvalue weighted by molar-refractivity contribution is 5.81. The Hall–Kier alpha value is -1.46. The molecule has 1 aliphatic carbocycles. The number of piperidine rings is 1. The van der Waals surface area contributed by atoms with Crippen molar-refractivity contribution in [1.82, 2.24) is 9.80 Å². The Morgan fingerprint density at radius 2 is 2.00 bits per heavy atom. The van der Waals surface area contributed by atoms with Crippen molar-refractivity contribution in [2.45, 2.75) is 50.8 Å². The molecule has 0 radical (unpaired) electrons. The van der Waals surface area contributed by atoms with Crippen LogP contribution in [0.15, 0.2) is 24.3 Å². The quantitative estimate of drug-likeness (QED) is 0.869. The van der Waals surface area contributed by atoms with Crippen molar-refractivity contribution < 1.29 is 14.3 Å². The molecule has 2 atom stereocenters. The van der Waals surface area contributed by atoms with Gasteiger partial charge in [0.05, 0.1) is 12.1 Å². The van der Waals surface area contributed by atoms with Gasteiger partial charge in [0.1, 0.15) is 5.82 Å². The number of amides is 1. The van der Waals surface area contributed by atoms with Gasteiger partial charge in [0, 0.05) is 20.1 Å². The van der Waals surface area contributed by atoms with E-state index in [1.165, 1.54) is 12.1 Å². The Kier molecular flexibility index (Phi) is 5.51. The van der Waals surface area contributed by atoms with E-state index >= 15 is 0 Å². The number of benzene rings is 1. The fourth-order valence-corrected chi connectivity index (χ4v) is 3.54. The molecule has 1 saturated heterocycles. The van der Waals surface area contributed by atoms with Gasteiger partial charge in [-0.25, -0.2) is 4.39 Å². The molecule has 2 fully saturated rings. The topological polar surface area (TPSA) is 43.8 Å². The maximum absolute atomic E-state index is 13.1. The van der Waals surface area contributed by atoms with Gasteiger partial charge in [-0.15, -0.1) is 0 Å². The molecule has 0 spiro atoms. The Balaban J connectivity index is 1.62. The van der Waals surface area contributed by atoms with E-state index in [1.807, 2.05) is 0 Å². The predicted octanol–water partition coefficient (Wildman–Crippen LogP) is 2.41. The van der Waals surface area contributed by atoms with Gasteiger partial charge in [0.25, 0.3) is 0 Å². The minimum absolute atomic E-state index is 0.0940. The van der Waals surface area contributed by atoms with Crippen molar-refractivity contribution in [2.75, 3.05) is 20.1 Å². The summed E-state index contributed by atoms with van der Waals surface area (Å²) >= 11 is 0. The summed E-state index contributed by atoms with van der Waals surface area (Å²) in [5, 5.41) is 10.1. The zero-order valence-electron chi connectivity index (χ0n) is 14.3. The molecule has 1 heterocycles. The van der Waals surface area contributed by atoms with Crippen LogP contribution in [-0.2, 0) is 11.3 Å². The van der Waals surface area contributed by atoms with Crippen molar-refractivity contribution in [1.29, 1.82) is 0 Å². The molecule has 132 valence electrons. The fraction of sp³-hybridized carbons (Fsp3) is 0.632. The molecule has 5 heteroatoms. The summed E-state index contributed by atoms with van der Waals surface area (Å²) in [5.41, 5.74) is 1.02. The second-order valence-corrected chi connectivity index (χ2v) is 7.23. The van der Waals surface area contributed by atoms with Crippen LogP contribution in [0.4, 0.5) is 4.39 Å². The Morgan fingerprint density at radius 1 is 1.29 bits per heavy atom. The van der Waals surface area contributed by atoms with Crippen molar-refractivity contribution in [3.8, 4) is 0 Å². The van der Waals surface area contributed by atoms with Crippen molar-refractivity contribution >= 4 is 5.91 Å². The highest BCUT2D eigenvalue weighted by Gasteiger charge is 2.34.